The number of unbranched alkanes of at least 4 members (excludes halogenated alkanes) is 1. The van der Waals surface area contributed by atoms with Crippen molar-refractivity contribution in [2.75, 3.05) is 6.54 Å². The molecular weight excluding hydrogens is 238 g/mol. The summed E-state index contributed by atoms with van der Waals surface area (Å²) < 4.78 is 0. The van der Waals surface area contributed by atoms with Crippen molar-refractivity contribution in [3.63, 3.8) is 0 Å². The fourth-order valence-corrected chi connectivity index (χ4v) is 1.80. The molecule has 0 bridgehead atoms. The van der Waals surface area contributed by atoms with Crippen molar-refractivity contribution in [1.29, 1.82) is 0 Å². The molecule has 0 spiro atoms. The minimum atomic E-state index is 0.634. The van der Waals surface area contributed by atoms with Gasteiger partial charge in [-0.15, -0.1) is 0 Å². The van der Waals surface area contributed by atoms with Gasteiger partial charge in [-0.25, -0.2) is 0 Å². The predicted molar refractivity (Wildman–Crippen MR) is 84.0 cm³/mol. The number of allylic oxidation sites excluding steroid dienone is 1. The van der Waals surface area contributed by atoms with Crippen LogP contribution in [0.2, 0.25) is 0 Å². The van der Waals surface area contributed by atoms with E-state index >= 15 is 0 Å². The first-order valence-corrected chi connectivity index (χ1v) is 7.07. The highest BCUT2D eigenvalue weighted by Gasteiger charge is 1.94. The van der Waals surface area contributed by atoms with Crippen LogP contribution in [0.3, 0.4) is 0 Å². The van der Waals surface area contributed by atoms with E-state index in [1.165, 1.54) is 12.0 Å². The van der Waals surface area contributed by atoms with Gasteiger partial charge in [0.1, 0.15) is 0 Å². The van der Waals surface area contributed by atoms with Crippen LogP contribution in [-0.2, 0) is 6.42 Å². The quantitative estimate of drug-likeness (QED) is 0.450. The van der Waals surface area contributed by atoms with E-state index in [9.17, 15) is 0 Å². The Balaban J connectivity index is 2.12. The molecule has 1 N–H and O–H groups in total. The lowest BCUT2D eigenvalue weighted by Crippen LogP contribution is -2.23. The molecule has 98 valence electrons. The second kappa shape index (κ2) is 8.87. The van der Waals surface area contributed by atoms with E-state index in [2.05, 4.69) is 55.6 Å². The molecule has 1 nitrogen and oxygen atoms in total. The molecule has 1 aromatic carbocycles. The largest absolute Gasteiger partial charge is 0.376 e. The number of aryl methyl sites for hydroxylation is 1. The van der Waals surface area contributed by atoms with Gasteiger partial charge >= 0.3 is 0 Å². The van der Waals surface area contributed by atoms with Crippen molar-refractivity contribution >= 4 is 17.2 Å². The molecule has 0 heterocycles. The van der Waals surface area contributed by atoms with Crippen LogP contribution < -0.4 is 5.32 Å². The van der Waals surface area contributed by atoms with Crippen LogP contribution in [0.4, 0.5) is 0 Å². The summed E-state index contributed by atoms with van der Waals surface area (Å²) in [6.07, 6.45) is 7.57. The summed E-state index contributed by atoms with van der Waals surface area (Å²) in [4.78, 5) is 0.850. The van der Waals surface area contributed by atoms with Gasteiger partial charge in [0.15, 0.2) is 0 Å². The zero-order chi connectivity index (χ0) is 13.2. The highest BCUT2D eigenvalue weighted by atomic mass is 32.1. The summed E-state index contributed by atoms with van der Waals surface area (Å²) in [5.74, 6) is 0.634. The molecule has 0 saturated carbocycles. The van der Waals surface area contributed by atoms with Gasteiger partial charge < -0.3 is 5.32 Å². The van der Waals surface area contributed by atoms with E-state index in [1.807, 2.05) is 6.08 Å². The molecule has 1 aromatic rings. The molecule has 0 aromatic heterocycles. The average Bonchev–Trinajstić information content (AvgIpc) is 2.37. The van der Waals surface area contributed by atoms with Crippen molar-refractivity contribution in [2.45, 2.75) is 33.1 Å². The van der Waals surface area contributed by atoms with Gasteiger partial charge in [-0.05, 0) is 36.8 Å². The summed E-state index contributed by atoms with van der Waals surface area (Å²) in [6.45, 7) is 5.31. The fourth-order valence-electron chi connectivity index (χ4n) is 1.62. The SMILES string of the molecule is CC(C)CNC(=S)C=CCCCc1ccccc1. The summed E-state index contributed by atoms with van der Waals surface area (Å²) in [7, 11) is 0. The van der Waals surface area contributed by atoms with Gasteiger partial charge in [0.05, 0.1) is 4.99 Å². The third kappa shape index (κ3) is 7.23. The highest BCUT2D eigenvalue weighted by Crippen LogP contribution is 2.04. The molecule has 0 fully saturated rings. The van der Waals surface area contributed by atoms with E-state index in [1.54, 1.807) is 0 Å². The summed E-state index contributed by atoms with van der Waals surface area (Å²) in [5.41, 5.74) is 1.41. The number of rotatable bonds is 7. The number of hydrogen-bond acceptors (Lipinski definition) is 1. The Morgan fingerprint density at radius 1 is 1.28 bits per heavy atom. The van der Waals surface area contributed by atoms with Gasteiger partial charge in [0.2, 0.25) is 0 Å². The Morgan fingerprint density at radius 3 is 2.67 bits per heavy atom. The molecule has 0 aliphatic carbocycles. The molecule has 0 aliphatic heterocycles. The first-order chi connectivity index (χ1) is 8.68. The molecule has 0 unspecified atom stereocenters. The second-order valence-corrected chi connectivity index (χ2v) is 5.36. The lowest BCUT2D eigenvalue weighted by molar-refractivity contribution is 0.628. The van der Waals surface area contributed by atoms with Gasteiger partial charge in [-0.1, -0.05) is 62.5 Å². The van der Waals surface area contributed by atoms with Crippen LogP contribution in [0, 0.1) is 5.92 Å². The highest BCUT2D eigenvalue weighted by molar-refractivity contribution is 7.80. The maximum Gasteiger partial charge on any atom is 0.0984 e. The molecule has 0 atom stereocenters. The molecule has 0 aliphatic rings. The lowest BCUT2D eigenvalue weighted by Gasteiger charge is -2.06. The summed E-state index contributed by atoms with van der Waals surface area (Å²) >= 11 is 5.22. The topological polar surface area (TPSA) is 12.0 Å². The number of nitrogens with one attached hydrogen (secondary N) is 1. The monoisotopic (exact) mass is 261 g/mol. The minimum absolute atomic E-state index is 0.634. The van der Waals surface area contributed by atoms with E-state index in [0.29, 0.717) is 5.92 Å². The zero-order valence-corrected chi connectivity index (χ0v) is 12.2. The lowest BCUT2D eigenvalue weighted by atomic mass is 10.1. The van der Waals surface area contributed by atoms with Gasteiger partial charge in [-0.2, -0.15) is 0 Å². The average molecular weight is 261 g/mol. The molecule has 0 saturated heterocycles. The van der Waals surface area contributed by atoms with Gasteiger partial charge in [0, 0.05) is 6.54 Å². The van der Waals surface area contributed by atoms with Gasteiger partial charge in [0.25, 0.3) is 0 Å². The minimum Gasteiger partial charge on any atom is -0.376 e. The molecule has 2 heteroatoms. The maximum absolute atomic E-state index is 5.22. The smallest absolute Gasteiger partial charge is 0.0984 e. The Labute approximate surface area is 116 Å². The predicted octanol–water partition coefficient (Wildman–Crippen LogP) is 4.14. The first kappa shape index (κ1) is 14.9. The van der Waals surface area contributed by atoms with Crippen LogP contribution in [-0.4, -0.2) is 11.5 Å². The third-order valence-electron chi connectivity index (χ3n) is 2.63. The Kier molecular flexibility index (Phi) is 7.35. The van der Waals surface area contributed by atoms with Crippen molar-refractivity contribution in [1.82, 2.24) is 5.32 Å². The van der Waals surface area contributed by atoms with Crippen LogP contribution in [0.25, 0.3) is 0 Å². The second-order valence-electron chi connectivity index (χ2n) is 4.92. The molecule has 0 amide bonds. The third-order valence-corrected chi connectivity index (χ3v) is 2.91. The van der Waals surface area contributed by atoms with Crippen molar-refractivity contribution in [3.05, 3.63) is 48.0 Å². The first-order valence-electron chi connectivity index (χ1n) is 6.67. The molecular formula is C16H23NS. The van der Waals surface area contributed by atoms with Crippen LogP contribution in [0.15, 0.2) is 42.5 Å². The zero-order valence-electron chi connectivity index (χ0n) is 11.4. The summed E-state index contributed by atoms with van der Waals surface area (Å²) in [5, 5.41) is 3.24. The van der Waals surface area contributed by atoms with E-state index in [-0.39, 0.29) is 0 Å². The van der Waals surface area contributed by atoms with Crippen LogP contribution >= 0.6 is 12.2 Å². The van der Waals surface area contributed by atoms with Gasteiger partial charge in [-0.3, -0.25) is 0 Å². The van der Waals surface area contributed by atoms with Crippen molar-refractivity contribution < 1.29 is 0 Å². The van der Waals surface area contributed by atoms with Crippen molar-refractivity contribution in [2.24, 2.45) is 5.92 Å². The Hall–Kier alpha value is -1.15. The standard InChI is InChI=1S/C16H23NS/c1-14(2)13-17-16(18)12-8-4-7-11-15-9-5-3-6-10-15/h3,5-6,8-10,12,14H,4,7,11,13H2,1-2H3,(H,17,18). The number of thiocarbonyl (C=S) groups is 1. The normalized spacial score (nSPS) is 11.1. The fraction of sp³-hybridized carbons (Fsp3) is 0.438. The van der Waals surface area contributed by atoms with E-state index in [4.69, 9.17) is 12.2 Å². The van der Waals surface area contributed by atoms with Crippen LogP contribution in [0.1, 0.15) is 32.3 Å². The molecule has 18 heavy (non-hydrogen) atoms. The Morgan fingerprint density at radius 2 is 2.00 bits per heavy atom. The van der Waals surface area contributed by atoms with E-state index < -0.39 is 0 Å². The summed E-state index contributed by atoms with van der Waals surface area (Å²) in [6, 6.07) is 10.6. The maximum atomic E-state index is 5.22. The number of hydrogen-bond donors (Lipinski definition) is 1. The number of benzene rings is 1. The molecule has 0 radical (unpaired) electrons. The Bertz CT molecular complexity index is 368. The van der Waals surface area contributed by atoms with Crippen LogP contribution in [0.5, 0.6) is 0 Å². The molecule has 1 rings (SSSR count). The van der Waals surface area contributed by atoms with E-state index in [0.717, 1.165) is 24.4 Å². The van der Waals surface area contributed by atoms with Crippen molar-refractivity contribution in [3.8, 4) is 0 Å².